The van der Waals surface area contributed by atoms with Gasteiger partial charge in [-0.05, 0) is 55.0 Å². The number of aliphatic hydroxyl groups excluding tert-OH is 1. The van der Waals surface area contributed by atoms with Crippen molar-refractivity contribution in [3.63, 3.8) is 0 Å². The molecule has 0 saturated carbocycles. The predicted octanol–water partition coefficient (Wildman–Crippen LogP) is 4.40. The van der Waals surface area contributed by atoms with Crippen LogP contribution in [0.5, 0.6) is 5.75 Å². The lowest BCUT2D eigenvalue weighted by atomic mass is 10.1. The zero-order valence-corrected chi connectivity index (χ0v) is 15.3. The van der Waals surface area contributed by atoms with Gasteiger partial charge in [0, 0.05) is 28.1 Å². The molecule has 0 fully saturated rings. The maximum Gasteiger partial charge on any atom is 0.262 e. The maximum atomic E-state index is 13.0. The van der Waals surface area contributed by atoms with Gasteiger partial charge in [-0.2, -0.15) is 0 Å². The molecule has 3 rings (SSSR count). The average molecular weight is 378 g/mol. The highest BCUT2D eigenvalue weighted by molar-refractivity contribution is 6.30. The summed E-state index contributed by atoms with van der Waals surface area (Å²) in [6, 6.07) is 12.2. The summed E-state index contributed by atoms with van der Waals surface area (Å²) < 4.78 is 6.92. The number of hydrogen-bond acceptors (Lipinski definition) is 3. The molecule has 0 bridgehead atoms. The number of methoxy groups -OCH3 is 1. The minimum Gasteiger partial charge on any atom is -0.497 e. The van der Waals surface area contributed by atoms with Crippen molar-refractivity contribution < 1.29 is 14.6 Å². The molecule has 3 aromatic rings. The van der Waals surface area contributed by atoms with Crippen LogP contribution < -0.4 is 4.74 Å². The second-order valence-corrected chi connectivity index (χ2v) is 6.67. The first-order chi connectivity index (χ1) is 11.9. The van der Waals surface area contributed by atoms with Gasteiger partial charge in [-0.15, -0.1) is 0 Å². The van der Waals surface area contributed by atoms with Gasteiger partial charge in [-0.25, -0.2) is 0 Å². The van der Waals surface area contributed by atoms with Gasteiger partial charge >= 0.3 is 0 Å². The van der Waals surface area contributed by atoms with Crippen LogP contribution in [0.1, 0.15) is 21.6 Å². The SMILES string of the molecule is COc1ccc2c(c1)c(CC(O)Cl)c(C)n2C(=O)c1ccc(Cl)cc1. The van der Waals surface area contributed by atoms with E-state index in [2.05, 4.69) is 0 Å². The zero-order chi connectivity index (χ0) is 18.1. The molecule has 1 N–H and O–H groups in total. The second kappa shape index (κ2) is 7.08. The summed E-state index contributed by atoms with van der Waals surface area (Å²) in [6.07, 6.45) is 0.234. The third-order valence-corrected chi connectivity index (χ3v) is 4.61. The van der Waals surface area contributed by atoms with Gasteiger partial charge in [0.15, 0.2) is 0 Å². The van der Waals surface area contributed by atoms with Crippen molar-refractivity contribution in [2.24, 2.45) is 0 Å². The summed E-state index contributed by atoms with van der Waals surface area (Å²) in [5.74, 6) is 0.508. The molecule has 25 heavy (non-hydrogen) atoms. The third kappa shape index (κ3) is 3.38. The molecule has 1 heterocycles. The van der Waals surface area contributed by atoms with Crippen LogP contribution in [0.25, 0.3) is 10.9 Å². The number of carbonyl (C=O) groups is 1. The fourth-order valence-electron chi connectivity index (χ4n) is 3.00. The van der Waals surface area contributed by atoms with Crippen molar-refractivity contribution in [2.45, 2.75) is 18.9 Å². The van der Waals surface area contributed by atoms with Gasteiger partial charge < -0.3 is 9.84 Å². The van der Waals surface area contributed by atoms with Gasteiger partial charge in [0.2, 0.25) is 0 Å². The quantitative estimate of drug-likeness (QED) is 0.685. The van der Waals surface area contributed by atoms with Gasteiger partial charge in [0.1, 0.15) is 11.3 Å². The summed E-state index contributed by atoms with van der Waals surface area (Å²) in [5.41, 5.74) is 1.79. The lowest BCUT2D eigenvalue weighted by Gasteiger charge is -2.08. The molecular weight excluding hydrogens is 361 g/mol. The highest BCUT2D eigenvalue weighted by atomic mass is 35.5. The first-order valence-corrected chi connectivity index (χ1v) is 8.54. The Morgan fingerprint density at radius 1 is 1.24 bits per heavy atom. The number of nitrogens with zero attached hydrogens (tertiary/aromatic N) is 1. The van der Waals surface area contributed by atoms with E-state index in [1.807, 2.05) is 19.1 Å². The summed E-state index contributed by atoms with van der Waals surface area (Å²) in [4.78, 5) is 13.0. The topological polar surface area (TPSA) is 51.5 Å². The minimum atomic E-state index is -1.03. The van der Waals surface area contributed by atoms with Crippen LogP contribution in [0.2, 0.25) is 5.02 Å². The average Bonchev–Trinajstić information content (AvgIpc) is 2.86. The van der Waals surface area contributed by atoms with Crippen molar-refractivity contribution in [1.29, 1.82) is 0 Å². The number of halogens is 2. The Morgan fingerprint density at radius 3 is 2.52 bits per heavy atom. The molecule has 2 aromatic carbocycles. The molecule has 1 aromatic heterocycles. The standard InChI is InChI=1S/C19H17Cl2NO3/c1-11-15(10-18(21)23)16-9-14(25-2)7-8-17(16)22(11)19(24)12-3-5-13(20)6-4-12/h3-9,18,23H,10H2,1-2H3. The van der Waals surface area contributed by atoms with Crippen molar-refractivity contribution in [3.05, 3.63) is 64.3 Å². The van der Waals surface area contributed by atoms with E-state index in [0.29, 0.717) is 16.3 Å². The van der Waals surface area contributed by atoms with Gasteiger partial charge in [0.25, 0.3) is 5.91 Å². The van der Waals surface area contributed by atoms with E-state index in [0.717, 1.165) is 22.2 Å². The van der Waals surface area contributed by atoms with Crippen molar-refractivity contribution in [3.8, 4) is 5.75 Å². The number of carbonyl (C=O) groups excluding carboxylic acids is 1. The monoisotopic (exact) mass is 377 g/mol. The Bertz CT molecular complexity index is 930. The van der Waals surface area contributed by atoms with Gasteiger partial charge in [0.05, 0.1) is 12.6 Å². The Balaban J connectivity index is 2.22. The molecule has 1 unspecified atom stereocenters. The smallest absolute Gasteiger partial charge is 0.262 e. The van der Waals surface area contributed by atoms with Gasteiger partial charge in [-0.3, -0.25) is 9.36 Å². The Morgan fingerprint density at radius 2 is 1.92 bits per heavy atom. The molecule has 1 atom stereocenters. The number of rotatable bonds is 4. The number of fused-ring (bicyclic) bond motifs is 1. The van der Waals surface area contributed by atoms with Crippen molar-refractivity contribution >= 4 is 40.0 Å². The first kappa shape index (κ1) is 17.8. The minimum absolute atomic E-state index is 0.167. The van der Waals surface area contributed by atoms with E-state index in [-0.39, 0.29) is 12.3 Å². The van der Waals surface area contributed by atoms with Crippen LogP contribution in [0.4, 0.5) is 0 Å². The van der Waals surface area contributed by atoms with Crippen LogP contribution in [0.3, 0.4) is 0 Å². The molecule has 0 aliphatic rings. The Kier molecular flexibility index (Phi) is 5.04. The van der Waals surface area contributed by atoms with Crippen LogP contribution in [0, 0.1) is 6.92 Å². The van der Waals surface area contributed by atoms with Crippen LogP contribution in [-0.2, 0) is 6.42 Å². The molecular formula is C19H17Cl2NO3. The molecule has 0 aliphatic carbocycles. The number of ether oxygens (including phenoxy) is 1. The number of aromatic nitrogens is 1. The fourth-order valence-corrected chi connectivity index (χ4v) is 3.28. The zero-order valence-electron chi connectivity index (χ0n) is 13.8. The molecule has 0 aliphatic heterocycles. The molecule has 0 saturated heterocycles. The summed E-state index contributed by atoms with van der Waals surface area (Å²) in [6.45, 7) is 1.84. The van der Waals surface area contributed by atoms with Crippen LogP contribution >= 0.6 is 23.2 Å². The highest BCUT2D eigenvalue weighted by Crippen LogP contribution is 2.31. The van der Waals surface area contributed by atoms with E-state index in [1.54, 1.807) is 42.0 Å². The molecule has 0 spiro atoms. The lowest BCUT2D eigenvalue weighted by molar-refractivity contribution is 0.0962. The predicted molar refractivity (Wildman–Crippen MR) is 100.0 cm³/mol. The normalized spacial score (nSPS) is 12.4. The summed E-state index contributed by atoms with van der Waals surface area (Å²) in [7, 11) is 1.58. The highest BCUT2D eigenvalue weighted by Gasteiger charge is 2.21. The first-order valence-electron chi connectivity index (χ1n) is 7.72. The molecule has 130 valence electrons. The Labute approximate surface area is 155 Å². The number of alkyl halides is 1. The third-order valence-electron chi connectivity index (χ3n) is 4.21. The summed E-state index contributed by atoms with van der Waals surface area (Å²) >= 11 is 11.7. The number of hydrogen-bond donors (Lipinski definition) is 1. The van der Waals surface area contributed by atoms with Crippen LogP contribution in [0.15, 0.2) is 42.5 Å². The fraction of sp³-hybridized carbons (Fsp3) is 0.211. The number of aliphatic hydroxyl groups is 1. The number of benzene rings is 2. The second-order valence-electron chi connectivity index (χ2n) is 5.73. The van der Waals surface area contributed by atoms with Gasteiger partial charge in [-0.1, -0.05) is 23.2 Å². The van der Waals surface area contributed by atoms with Crippen molar-refractivity contribution in [1.82, 2.24) is 4.57 Å². The molecule has 6 heteroatoms. The van der Waals surface area contributed by atoms with E-state index in [1.165, 1.54) is 0 Å². The van der Waals surface area contributed by atoms with E-state index in [9.17, 15) is 9.90 Å². The van der Waals surface area contributed by atoms with E-state index in [4.69, 9.17) is 27.9 Å². The summed E-state index contributed by atoms with van der Waals surface area (Å²) in [5, 5.41) is 11.0. The molecule has 0 amide bonds. The van der Waals surface area contributed by atoms with E-state index >= 15 is 0 Å². The maximum absolute atomic E-state index is 13.0. The lowest BCUT2D eigenvalue weighted by Crippen LogP contribution is -2.14. The van der Waals surface area contributed by atoms with E-state index < -0.39 is 5.56 Å². The van der Waals surface area contributed by atoms with Crippen LogP contribution in [-0.4, -0.2) is 28.3 Å². The Hall–Kier alpha value is -2.01. The molecule has 0 radical (unpaired) electrons. The molecule has 4 nitrogen and oxygen atoms in total. The largest absolute Gasteiger partial charge is 0.497 e. The van der Waals surface area contributed by atoms with Crippen molar-refractivity contribution in [2.75, 3.05) is 7.11 Å².